The summed E-state index contributed by atoms with van der Waals surface area (Å²) < 4.78 is 13.1. The predicted molar refractivity (Wildman–Crippen MR) is 62.8 cm³/mol. The van der Waals surface area contributed by atoms with Crippen LogP contribution < -0.4 is 5.73 Å². The van der Waals surface area contributed by atoms with Gasteiger partial charge in [0.1, 0.15) is 0 Å². The molecule has 1 aromatic rings. The van der Waals surface area contributed by atoms with E-state index >= 15 is 0 Å². The van der Waals surface area contributed by atoms with Gasteiger partial charge >= 0.3 is 0 Å². The van der Waals surface area contributed by atoms with Gasteiger partial charge in [-0.3, -0.25) is 9.69 Å². The predicted octanol–water partition coefficient (Wildman–Crippen LogP) is 1.23. The van der Waals surface area contributed by atoms with Crippen LogP contribution in [0.3, 0.4) is 0 Å². The van der Waals surface area contributed by atoms with Crippen molar-refractivity contribution in [3.05, 3.63) is 29.6 Å². The average Bonchev–Trinajstić information content (AvgIpc) is 2.21. The zero-order valence-corrected chi connectivity index (χ0v) is 9.98. The van der Waals surface area contributed by atoms with Gasteiger partial charge in [0.2, 0.25) is 5.91 Å². The van der Waals surface area contributed by atoms with E-state index in [4.69, 9.17) is 10.8 Å². The lowest BCUT2D eigenvalue weighted by Gasteiger charge is -2.25. The van der Waals surface area contributed by atoms with Crippen molar-refractivity contribution in [1.82, 2.24) is 4.90 Å². The third kappa shape index (κ3) is 4.03. The largest absolute Gasteiger partial charge is 0.505 e. The lowest BCUT2D eigenvalue weighted by atomic mass is 10.1. The second kappa shape index (κ2) is 5.63. The molecule has 5 heteroatoms. The second-order valence-electron chi connectivity index (χ2n) is 4.25. The quantitative estimate of drug-likeness (QED) is 0.813. The molecule has 0 heterocycles. The maximum atomic E-state index is 13.1. The van der Waals surface area contributed by atoms with E-state index in [1.807, 2.05) is 18.7 Å². The van der Waals surface area contributed by atoms with E-state index in [-0.39, 0.29) is 18.3 Å². The number of halogens is 1. The third-order valence-corrected chi connectivity index (χ3v) is 2.49. The van der Waals surface area contributed by atoms with Crippen LogP contribution in [0.15, 0.2) is 18.2 Å². The smallest absolute Gasteiger partial charge is 0.231 e. The number of carbonyl (C=O) groups excluding carboxylic acids is 1. The zero-order chi connectivity index (χ0) is 13.0. The van der Waals surface area contributed by atoms with E-state index in [1.165, 1.54) is 12.1 Å². The van der Waals surface area contributed by atoms with Gasteiger partial charge in [0.25, 0.3) is 0 Å². The van der Waals surface area contributed by atoms with Crippen LogP contribution in [0.2, 0.25) is 0 Å². The van der Waals surface area contributed by atoms with Gasteiger partial charge in [0.15, 0.2) is 11.6 Å². The Labute approximate surface area is 99.8 Å². The van der Waals surface area contributed by atoms with E-state index in [0.29, 0.717) is 12.1 Å². The van der Waals surface area contributed by atoms with Crippen LogP contribution in [0.4, 0.5) is 4.39 Å². The molecule has 1 rings (SSSR count). The second-order valence-corrected chi connectivity index (χ2v) is 4.25. The minimum Gasteiger partial charge on any atom is -0.505 e. The number of aromatic hydroxyl groups is 1. The first-order valence-corrected chi connectivity index (χ1v) is 5.40. The summed E-state index contributed by atoms with van der Waals surface area (Å²) in [5.74, 6) is -1.46. The number of primary amides is 1. The molecular weight excluding hydrogens is 223 g/mol. The molecule has 4 nitrogen and oxygen atoms in total. The van der Waals surface area contributed by atoms with Crippen molar-refractivity contribution in [3.63, 3.8) is 0 Å². The fraction of sp³-hybridized carbons (Fsp3) is 0.417. The highest BCUT2D eigenvalue weighted by Gasteiger charge is 2.13. The molecule has 0 aromatic heterocycles. The third-order valence-electron chi connectivity index (χ3n) is 2.49. The van der Waals surface area contributed by atoms with Crippen molar-refractivity contribution >= 4 is 5.91 Å². The summed E-state index contributed by atoms with van der Waals surface area (Å²) in [5, 5.41) is 9.07. The summed E-state index contributed by atoms with van der Waals surface area (Å²) in [6, 6.07) is 4.30. The summed E-state index contributed by atoms with van der Waals surface area (Å²) in [4.78, 5) is 12.7. The molecular formula is C12H17FN2O2. The summed E-state index contributed by atoms with van der Waals surface area (Å²) in [6.07, 6.45) is 0. The average molecular weight is 240 g/mol. The molecule has 0 saturated carbocycles. The van der Waals surface area contributed by atoms with Gasteiger partial charge in [0.05, 0.1) is 6.54 Å². The molecule has 0 radical (unpaired) electrons. The van der Waals surface area contributed by atoms with Gasteiger partial charge in [-0.25, -0.2) is 4.39 Å². The topological polar surface area (TPSA) is 66.6 Å². The fourth-order valence-electron chi connectivity index (χ4n) is 1.50. The molecule has 0 saturated heterocycles. The Bertz CT molecular complexity index is 407. The Morgan fingerprint density at radius 2 is 2.18 bits per heavy atom. The van der Waals surface area contributed by atoms with Crippen LogP contribution in [-0.4, -0.2) is 28.5 Å². The number of hydrogen-bond donors (Lipinski definition) is 2. The van der Waals surface area contributed by atoms with Crippen LogP contribution in [-0.2, 0) is 11.3 Å². The van der Waals surface area contributed by atoms with Crippen molar-refractivity contribution in [2.45, 2.75) is 26.4 Å². The minimum atomic E-state index is -0.662. The number of nitrogens with two attached hydrogens (primary N) is 1. The monoisotopic (exact) mass is 240 g/mol. The number of amides is 1. The van der Waals surface area contributed by atoms with Crippen LogP contribution >= 0.6 is 0 Å². The highest BCUT2D eigenvalue weighted by molar-refractivity contribution is 5.75. The Hall–Kier alpha value is -1.62. The number of rotatable bonds is 5. The molecule has 0 unspecified atom stereocenters. The first-order chi connectivity index (χ1) is 7.90. The maximum Gasteiger partial charge on any atom is 0.231 e. The number of nitrogens with zero attached hydrogens (tertiary/aromatic N) is 1. The number of carbonyl (C=O) groups is 1. The number of benzene rings is 1. The molecule has 1 aromatic carbocycles. The van der Waals surface area contributed by atoms with E-state index in [9.17, 15) is 9.18 Å². The first kappa shape index (κ1) is 13.4. The molecule has 3 N–H and O–H groups in total. The van der Waals surface area contributed by atoms with E-state index in [0.717, 1.165) is 0 Å². The van der Waals surface area contributed by atoms with Crippen molar-refractivity contribution < 1.29 is 14.3 Å². The highest BCUT2D eigenvalue weighted by Crippen LogP contribution is 2.17. The standard InChI is InChI=1S/C12H17FN2O2/c1-8(2)15(7-12(14)17)6-9-3-4-11(16)10(13)5-9/h3-5,8,16H,6-7H2,1-2H3,(H2,14,17). The molecule has 1 amide bonds. The Morgan fingerprint density at radius 3 is 2.65 bits per heavy atom. The summed E-state index contributed by atoms with van der Waals surface area (Å²) >= 11 is 0. The van der Waals surface area contributed by atoms with E-state index < -0.39 is 11.7 Å². The molecule has 94 valence electrons. The van der Waals surface area contributed by atoms with Crippen molar-refractivity contribution in [2.24, 2.45) is 5.73 Å². The maximum absolute atomic E-state index is 13.1. The fourth-order valence-corrected chi connectivity index (χ4v) is 1.50. The van der Waals surface area contributed by atoms with Crippen molar-refractivity contribution in [1.29, 1.82) is 0 Å². The van der Waals surface area contributed by atoms with E-state index in [1.54, 1.807) is 6.07 Å². The Balaban J connectivity index is 2.78. The molecule has 0 aliphatic carbocycles. The van der Waals surface area contributed by atoms with Crippen molar-refractivity contribution in [3.8, 4) is 5.75 Å². The van der Waals surface area contributed by atoms with Gasteiger partial charge in [-0.2, -0.15) is 0 Å². The van der Waals surface area contributed by atoms with Gasteiger partial charge < -0.3 is 10.8 Å². The summed E-state index contributed by atoms with van der Waals surface area (Å²) in [6.45, 7) is 4.40. The number of hydrogen-bond acceptors (Lipinski definition) is 3. The Kier molecular flexibility index (Phi) is 4.45. The SMILES string of the molecule is CC(C)N(CC(N)=O)Cc1ccc(O)c(F)c1. The number of phenols is 1. The molecule has 0 fully saturated rings. The molecule has 0 aliphatic heterocycles. The normalized spacial score (nSPS) is 11.1. The molecule has 0 bridgehead atoms. The molecule has 17 heavy (non-hydrogen) atoms. The minimum absolute atomic E-state index is 0.124. The zero-order valence-electron chi connectivity index (χ0n) is 9.98. The van der Waals surface area contributed by atoms with Gasteiger partial charge in [-0.1, -0.05) is 6.07 Å². The lowest BCUT2D eigenvalue weighted by molar-refractivity contribution is -0.119. The van der Waals surface area contributed by atoms with Gasteiger partial charge in [-0.15, -0.1) is 0 Å². The van der Waals surface area contributed by atoms with Crippen LogP contribution in [0.1, 0.15) is 19.4 Å². The lowest BCUT2D eigenvalue weighted by Crippen LogP contribution is -2.37. The molecule has 0 spiro atoms. The summed E-state index contributed by atoms with van der Waals surface area (Å²) in [7, 11) is 0. The van der Waals surface area contributed by atoms with Gasteiger partial charge in [0, 0.05) is 12.6 Å². The first-order valence-electron chi connectivity index (χ1n) is 5.40. The van der Waals surface area contributed by atoms with Crippen LogP contribution in [0, 0.1) is 5.82 Å². The van der Waals surface area contributed by atoms with Crippen molar-refractivity contribution in [2.75, 3.05) is 6.54 Å². The Morgan fingerprint density at radius 1 is 1.53 bits per heavy atom. The van der Waals surface area contributed by atoms with Crippen LogP contribution in [0.5, 0.6) is 5.75 Å². The highest BCUT2D eigenvalue weighted by atomic mass is 19.1. The molecule has 0 atom stereocenters. The number of phenolic OH excluding ortho intramolecular Hbond substituents is 1. The van der Waals surface area contributed by atoms with E-state index in [2.05, 4.69) is 0 Å². The van der Waals surface area contributed by atoms with Crippen LogP contribution in [0.25, 0.3) is 0 Å². The molecule has 0 aliphatic rings. The van der Waals surface area contributed by atoms with Gasteiger partial charge in [-0.05, 0) is 31.5 Å². The summed E-state index contributed by atoms with van der Waals surface area (Å²) in [5.41, 5.74) is 5.83.